The number of carbonyl (C=O) groups excluding carboxylic acids is 2. The third-order valence-corrected chi connectivity index (χ3v) is 2.44. The molecule has 0 spiro atoms. The molecule has 0 aliphatic carbocycles. The van der Waals surface area contributed by atoms with Crippen molar-refractivity contribution in [2.75, 3.05) is 13.2 Å². The van der Waals surface area contributed by atoms with E-state index in [1.807, 2.05) is 0 Å². The number of carbonyl (C=O) groups is 2. The Bertz CT molecular complexity index is 527. The number of hydrogen-bond acceptors (Lipinski definition) is 4. The fourth-order valence-electron chi connectivity index (χ4n) is 1.09. The van der Waals surface area contributed by atoms with Crippen molar-refractivity contribution in [1.82, 2.24) is 0 Å². The summed E-state index contributed by atoms with van der Waals surface area (Å²) in [5.41, 5.74) is 0. The Kier molecular flexibility index (Phi) is 10.2. The third-order valence-electron chi connectivity index (χ3n) is 2.44. The highest BCUT2D eigenvalue weighted by Gasteiger charge is 2.81. The maximum absolute atomic E-state index is 12.8. The van der Waals surface area contributed by atoms with Gasteiger partial charge in [0, 0.05) is 13.0 Å². The van der Waals surface area contributed by atoms with Crippen molar-refractivity contribution in [3.8, 4) is 0 Å². The first kappa shape index (κ1) is 27.0. The van der Waals surface area contributed by atoms with E-state index in [4.69, 9.17) is 0 Å². The van der Waals surface area contributed by atoms with Crippen LogP contribution in [0.2, 0.25) is 0 Å². The van der Waals surface area contributed by atoms with Crippen LogP contribution in [-0.2, 0) is 19.1 Å². The summed E-state index contributed by atoms with van der Waals surface area (Å²) in [4.78, 5) is 20.3. The molecule has 0 aliphatic heterocycles. The zero-order chi connectivity index (χ0) is 22.1. The Morgan fingerprint density at radius 2 is 1.37 bits per heavy atom. The molecule has 158 valence electrons. The Balaban J connectivity index is 0. The molecule has 0 amide bonds. The molecule has 0 atom stereocenters. The van der Waals surface area contributed by atoms with Crippen molar-refractivity contribution >= 4 is 11.9 Å². The predicted octanol–water partition coefficient (Wildman–Crippen LogP) is 4.31. The smallest absolute Gasteiger partial charge is 0.460 e. The van der Waals surface area contributed by atoms with Crippen LogP contribution in [0.3, 0.4) is 0 Å². The van der Waals surface area contributed by atoms with E-state index in [1.54, 1.807) is 0 Å². The van der Waals surface area contributed by atoms with Crippen molar-refractivity contribution in [3.63, 3.8) is 0 Å². The molecule has 27 heavy (non-hydrogen) atoms. The average molecular weight is 418 g/mol. The maximum atomic E-state index is 12.8. The van der Waals surface area contributed by atoms with Gasteiger partial charge in [-0.2, -0.15) is 39.5 Å². The van der Waals surface area contributed by atoms with E-state index in [-0.39, 0.29) is 6.61 Å². The summed E-state index contributed by atoms with van der Waals surface area (Å²) in [5.74, 6) is -20.9. The summed E-state index contributed by atoms with van der Waals surface area (Å²) >= 11 is 0. The van der Waals surface area contributed by atoms with Gasteiger partial charge in [-0.15, -0.1) is 0 Å². The molecule has 0 N–H and O–H groups in total. The first-order chi connectivity index (χ1) is 12.0. The molecule has 4 nitrogen and oxygen atoms in total. The quantitative estimate of drug-likeness (QED) is 0.255. The van der Waals surface area contributed by atoms with Gasteiger partial charge in [0.25, 0.3) is 0 Å². The van der Waals surface area contributed by atoms with Crippen molar-refractivity contribution < 1.29 is 58.6 Å². The number of alkyl halides is 9. The highest BCUT2D eigenvalue weighted by molar-refractivity contribution is 5.81. The molecule has 0 aliphatic rings. The first-order valence-electron chi connectivity index (χ1n) is 6.71. The molecular weight excluding hydrogens is 403 g/mol. The SMILES string of the molecule is C=CCOC(=O)C=C.CC(=O)OCCC(F)(F)C(F)(F)C(F)(F)C(F)(F)F. The topological polar surface area (TPSA) is 52.6 Å². The Morgan fingerprint density at radius 3 is 1.70 bits per heavy atom. The van der Waals surface area contributed by atoms with Crippen LogP contribution >= 0.6 is 0 Å². The zero-order valence-corrected chi connectivity index (χ0v) is 13.7. The number of halogens is 9. The van der Waals surface area contributed by atoms with E-state index in [1.165, 1.54) is 6.08 Å². The van der Waals surface area contributed by atoms with Gasteiger partial charge in [0.15, 0.2) is 0 Å². The molecule has 0 heterocycles. The third kappa shape index (κ3) is 7.91. The van der Waals surface area contributed by atoms with Crippen LogP contribution in [0.25, 0.3) is 0 Å². The summed E-state index contributed by atoms with van der Waals surface area (Å²) in [5, 5.41) is 0. The lowest BCUT2D eigenvalue weighted by Crippen LogP contribution is -2.61. The van der Waals surface area contributed by atoms with Crippen LogP contribution in [0, 0.1) is 0 Å². The number of ether oxygens (including phenoxy) is 2. The van der Waals surface area contributed by atoms with E-state index in [9.17, 15) is 49.1 Å². The molecule has 0 bridgehead atoms. The van der Waals surface area contributed by atoms with Crippen LogP contribution in [-0.4, -0.2) is 49.1 Å². The predicted molar refractivity (Wildman–Crippen MR) is 73.5 cm³/mol. The normalized spacial score (nSPS) is 12.4. The molecule has 0 radical (unpaired) electrons. The number of rotatable bonds is 8. The van der Waals surface area contributed by atoms with Crippen molar-refractivity contribution in [2.24, 2.45) is 0 Å². The van der Waals surface area contributed by atoms with Gasteiger partial charge in [0.1, 0.15) is 6.61 Å². The van der Waals surface area contributed by atoms with Gasteiger partial charge in [-0.1, -0.05) is 19.2 Å². The summed E-state index contributed by atoms with van der Waals surface area (Å²) < 4.78 is 119. The molecule has 0 aromatic rings. The van der Waals surface area contributed by atoms with Crippen LogP contribution in [0.15, 0.2) is 25.3 Å². The second-order valence-corrected chi connectivity index (χ2v) is 4.56. The minimum absolute atomic E-state index is 0.255. The fourth-order valence-corrected chi connectivity index (χ4v) is 1.09. The molecular formula is C14H15F9O4. The lowest BCUT2D eigenvalue weighted by molar-refractivity contribution is -0.397. The number of esters is 2. The van der Waals surface area contributed by atoms with Crippen LogP contribution < -0.4 is 0 Å². The van der Waals surface area contributed by atoms with E-state index in [2.05, 4.69) is 22.6 Å². The van der Waals surface area contributed by atoms with Gasteiger partial charge in [-0.05, 0) is 0 Å². The Morgan fingerprint density at radius 1 is 0.889 bits per heavy atom. The highest BCUT2D eigenvalue weighted by atomic mass is 19.4. The average Bonchev–Trinajstić information content (AvgIpc) is 2.51. The van der Waals surface area contributed by atoms with Gasteiger partial charge >= 0.3 is 35.9 Å². The largest absolute Gasteiger partial charge is 0.466 e. The van der Waals surface area contributed by atoms with Crippen molar-refractivity contribution in [1.29, 1.82) is 0 Å². The summed E-state index contributed by atoms with van der Waals surface area (Å²) in [6.45, 7) is 6.10. The molecule has 0 fully saturated rings. The lowest BCUT2D eigenvalue weighted by atomic mass is 10.0. The van der Waals surface area contributed by atoms with Gasteiger partial charge < -0.3 is 9.47 Å². The van der Waals surface area contributed by atoms with Gasteiger partial charge in [0.05, 0.1) is 13.0 Å². The van der Waals surface area contributed by atoms with Crippen molar-refractivity contribution in [2.45, 2.75) is 37.3 Å². The molecule has 0 saturated carbocycles. The van der Waals surface area contributed by atoms with Crippen LogP contribution in [0.5, 0.6) is 0 Å². The second kappa shape index (κ2) is 10.2. The zero-order valence-electron chi connectivity index (χ0n) is 13.7. The molecule has 0 unspecified atom stereocenters. The summed E-state index contributed by atoms with van der Waals surface area (Å²) in [6, 6.07) is 0. The van der Waals surface area contributed by atoms with Gasteiger partial charge in [0.2, 0.25) is 0 Å². The minimum atomic E-state index is -6.92. The molecule has 0 aromatic heterocycles. The van der Waals surface area contributed by atoms with E-state index >= 15 is 0 Å². The highest BCUT2D eigenvalue weighted by Crippen LogP contribution is 2.53. The first-order valence-corrected chi connectivity index (χ1v) is 6.71. The van der Waals surface area contributed by atoms with E-state index in [0.717, 1.165) is 6.08 Å². The molecule has 0 rings (SSSR count). The van der Waals surface area contributed by atoms with Gasteiger partial charge in [-0.3, -0.25) is 4.79 Å². The van der Waals surface area contributed by atoms with Crippen molar-refractivity contribution in [3.05, 3.63) is 25.3 Å². The fraction of sp³-hybridized carbons (Fsp3) is 0.571. The van der Waals surface area contributed by atoms with Crippen LogP contribution in [0.4, 0.5) is 39.5 Å². The Hall–Kier alpha value is -2.21. The van der Waals surface area contributed by atoms with Crippen LogP contribution in [0.1, 0.15) is 13.3 Å². The molecule has 0 saturated heterocycles. The van der Waals surface area contributed by atoms with E-state index < -0.39 is 48.9 Å². The second-order valence-electron chi connectivity index (χ2n) is 4.56. The molecule has 0 aromatic carbocycles. The standard InChI is InChI=1S/C8H7F9O2.C6H8O2/c1-4(18)19-3-2-5(9,10)6(11,12)7(13,14)8(15,16)17;1-3-5-8-6(7)4-2/h2-3H2,1H3;3-4H,1-2,5H2. The number of hydrogen-bond donors (Lipinski definition) is 0. The van der Waals surface area contributed by atoms with E-state index in [0.29, 0.717) is 6.92 Å². The summed E-state index contributed by atoms with van der Waals surface area (Å²) in [7, 11) is 0. The molecule has 13 heteroatoms. The lowest BCUT2D eigenvalue weighted by Gasteiger charge is -2.33. The minimum Gasteiger partial charge on any atom is -0.466 e. The monoisotopic (exact) mass is 418 g/mol. The Labute approximate surface area is 147 Å². The maximum Gasteiger partial charge on any atom is 0.460 e. The van der Waals surface area contributed by atoms with Gasteiger partial charge in [-0.25, -0.2) is 4.79 Å². The summed E-state index contributed by atoms with van der Waals surface area (Å²) in [6.07, 6.45) is -6.41.